The highest BCUT2D eigenvalue weighted by atomic mass is 35.5. The first-order valence-corrected chi connectivity index (χ1v) is 8.44. The molecular weight excluding hydrogens is 336 g/mol. The Bertz CT molecular complexity index is 942. The fraction of sp³-hybridized carbons (Fsp3) is 0.316. The van der Waals surface area contributed by atoms with E-state index >= 15 is 0 Å². The van der Waals surface area contributed by atoms with Gasteiger partial charge in [-0.3, -0.25) is 9.56 Å². The summed E-state index contributed by atoms with van der Waals surface area (Å²) in [4.78, 5) is 12.7. The monoisotopic (exact) mass is 356 g/mol. The molecule has 0 aliphatic carbocycles. The number of hydrogen-bond donors (Lipinski definition) is 1. The summed E-state index contributed by atoms with van der Waals surface area (Å²) in [6, 6.07) is 10.1. The van der Waals surface area contributed by atoms with Crippen LogP contribution in [0.25, 0.3) is 16.7 Å². The molecule has 2 aromatic heterocycles. The lowest BCUT2D eigenvalue weighted by molar-refractivity contribution is 0.275. The van der Waals surface area contributed by atoms with Gasteiger partial charge in [0.2, 0.25) is 5.28 Å². The van der Waals surface area contributed by atoms with Crippen LogP contribution in [0.3, 0.4) is 0 Å². The van der Waals surface area contributed by atoms with Crippen LogP contribution in [0, 0.1) is 0 Å². The summed E-state index contributed by atoms with van der Waals surface area (Å²) in [7, 11) is 1.81. The van der Waals surface area contributed by atoms with Gasteiger partial charge in [0.05, 0.1) is 12.3 Å². The third-order valence-corrected chi connectivity index (χ3v) is 5.02. The van der Waals surface area contributed by atoms with Crippen molar-refractivity contribution in [2.75, 3.05) is 7.05 Å². The number of aliphatic hydroxyl groups excluding tert-OH is 1. The second-order valence-electron chi connectivity index (χ2n) is 6.53. The van der Waals surface area contributed by atoms with Gasteiger partial charge in [0.15, 0.2) is 0 Å². The predicted octanol–water partition coefficient (Wildman–Crippen LogP) is 3.93. The lowest BCUT2D eigenvalue weighted by atomic mass is 9.80. The van der Waals surface area contributed by atoms with Crippen molar-refractivity contribution in [2.45, 2.75) is 32.8 Å². The molecule has 0 saturated heterocycles. The molecule has 3 rings (SSSR count). The van der Waals surface area contributed by atoms with Crippen molar-refractivity contribution in [1.29, 1.82) is 0 Å². The van der Waals surface area contributed by atoms with Gasteiger partial charge < -0.3 is 5.11 Å². The topological polar surface area (TPSA) is 63.3 Å². The van der Waals surface area contributed by atoms with Gasteiger partial charge in [-0.25, -0.2) is 4.98 Å². The molecule has 3 aromatic rings. The van der Waals surface area contributed by atoms with E-state index in [1.165, 1.54) is 5.56 Å². The number of nitrogens with zero attached hydrogens (tertiary/aromatic N) is 4. The lowest BCUT2D eigenvalue weighted by Gasteiger charge is -2.25. The minimum absolute atomic E-state index is 0.0944. The Kier molecular flexibility index (Phi) is 4.62. The summed E-state index contributed by atoms with van der Waals surface area (Å²) in [6.07, 6.45) is 1.67. The van der Waals surface area contributed by atoms with E-state index in [0.29, 0.717) is 5.65 Å². The normalized spacial score (nSPS) is 12.8. The number of aliphatic imine (C=N–C) groups is 1. The standard InChI is InChI=1S/C19H21ClN4O/c1-12(21-4)19(2,3)14-5-7-15(8-6-14)24-16(11-25)9-13-10-22-18(20)23-17(13)24/h5-10,25H,11H2,1-4H3. The Balaban J connectivity index is 2.12. The van der Waals surface area contributed by atoms with Crippen molar-refractivity contribution in [3.8, 4) is 5.69 Å². The number of rotatable bonds is 4. The van der Waals surface area contributed by atoms with E-state index in [4.69, 9.17) is 11.6 Å². The van der Waals surface area contributed by atoms with E-state index < -0.39 is 0 Å². The second-order valence-corrected chi connectivity index (χ2v) is 6.87. The molecule has 25 heavy (non-hydrogen) atoms. The molecule has 1 N–H and O–H groups in total. The minimum atomic E-state index is -0.142. The van der Waals surface area contributed by atoms with Crippen molar-refractivity contribution in [2.24, 2.45) is 4.99 Å². The van der Waals surface area contributed by atoms with Crippen LogP contribution >= 0.6 is 11.6 Å². The molecule has 0 atom stereocenters. The summed E-state index contributed by atoms with van der Waals surface area (Å²) in [5.74, 6) is 0. The van der Waals surface area contributed by atoms with E-state index in [1.54, 1.807) is 6.20 Å². The zero-order valence-electron chi connectivity index (χ0n) is 14.8. The lowest BCUT2D eigenvalue weighted by Crippen LogP contribution is -2.26. The summed E-state index contributed by atoms with van der Waals surface area (Å²) >= 11 is 5.96. The van der Waals surface area contributed by atoms with Crippen LogP contribution in [-0.4, -0.2) is 32.4 Å². The molecule has 0 spiro atoms. The van der Waals surface area contributed by atoms with Crippen LogP contribution in [0.2, 0.25) is 5.28 Å². The van der Waals surface area contributed by atoms with Crippen LogP contribution in [0.4, 0.5) is 0 Å². The first-order valence-electron chi connectivity index (χ1n) is 8.07. The third kappa shape index (κ3) is 3.05. The number of aliphatic hydroxyl groups is 1. The molecule has 0 aliphatic heterocycles. The molecule has 0 fully saturated rings. The fourth-order valence-corrected chi connectivity index (χ4v) is 3.07. The molecule has 5 nitrogen and oxygen atoms in total. The van der Waals surface area contributed by atoms with E-state index in [0.717, 1.165) is 22.5 Å². The number of hydrogen-bond acceptors (Lipinski definition) is 4. The number of fused-ring (bicyclic) bond motifs is 1. The summed E-state index contributed by atoms with van der Waals surface area (Å²) in [5.41, 5.74) is 4.44. The summed E-state index contributed by atoms with van der Waals surface area (Å²) in [5, 5.41) is 10.7. The van der Waals surface area contributed by atoms with E-state index in [-0.39, 0.29) is 17.3 Å². The SMILES string of the molecule is CN=C(C)C(C)(C)c1ccc(-n2c(CO)cc3cnc(Cl)nc32)cc1. The molecule has 1 aromatic carbocycles. The van der Waals surface area contributed by atoms with E-state index in [1.807, 2.05) is 36.7 Å². The van der Waals surface area contributed by atoms with Crippen molar-refractivity contribution >= 4 is 28.3 Å². The quantitative estimate of drug-likeness (QED) is 0.569. The number of halogens is 1. The Hall–Kier alpha value is -2.24. The van der Waals surface area contributed by atoms with Crippen LogP contribution in [0.1, 0.15) is 32.0 Å². The first-order chi connectivity index (χ1) is 11.9. The Morgan fingerprint density at radius 2 is 1.96 bits per heavy atom. The maximum Gasteiger partial charge on any atom is 0.224 e. The van der Waals surface area contributed by atoms with Crippen LogP contribution in [0.5, 0.6) is 0 Å². The van der Waals surface area contributed by atoms with Crippen LogP contribution < -0.4 is 0 Å². The first kappa shape index (κ1) is 17.6. The van der Waals surface area contributed by atoms with Crippen molar-refractivity contribution in [3.05, 3.63) is 53.1 Å². The smallest absolute Gasteiger partial charge is 0.224 e. The molecule has 2 heterocycles. The molecule has 6 heteroatoms. The Labute approximate surface area is 152 Å². The maximum absolute atomic E-state index is 9.72. The largest absolute Gasteiger partial charge is 0.390 e. The van der Waals surface area contributed by atoms with Crippen molar-refractivity contribution in [1.82, 2.24) is 14.5 Å². The van der Waals surface area contributed by atoms with Crippen molar-refractivity contribution in [3.63, 3.8) is 0 Å². The highest BCUT2D eigenvalue weighted by molar-refractivity contribution is 6.28. The zero-order valence-corrected chi connectivity index (χ0v) is 15.5. The van der Waals surface area contributed by atoms with Gasteiger partial charge in [0.1, 0.15) is 5.65 Å². The van der Waals surface area contributed by atoms with Crippen molar-refractivity contribution < 1.29 is 5.11 Å². The average Bonchev–Trinajstić information content (AvgIpc) is 2.98. The Morgan fingerprint density at radius 3 is 2.56 bits per heavy atom. The minimum Gasteiger partial charge on any atom is -0.390 e. The molecule has 0 saturated carbocycles. The van der Waals surface area contributed by atoms with Gasteiger partial charge in [-0.05, 0) is 42.3 Å². The molecule has 0 amide bonds. The van der Waals surface area contributed by atoms with E-state index in [2.05, 4.69) is 40.9 Å². The third-order valence-electron chi connectivity index (χ3n) is 4.84. The highest BCUT2D eigenvalue weighted by Crippen LogP contribution is 2.28. The summed E-state index contributed by atoms with van der Waals surface area (Å²) < 4.78 is 1.90. The van der Waals surface area contributed by atoms with Gasteiger partial charge in [-0.2, -0.15) is 4.98 Å². The molecule has 0 bridgehead atoms. The molecule has 130 valence electrons. The van der Waals surface area contributed by atoms with Gasteiger partial charge >= 0.3 is 0 Å². The molecule has 0 radical (unpaired) electrons. The molecular formula is C19H21ClN4O. The molecule has 0 aliphatic rings. The van der Waals surface area contributed by atoms with Gasteiger partial charge in [-0.15, -0.1) is 0 Å². The average molecular weight is 357 g/mol. The number of aromatic nitrogens is 3. The number of benzene rings is 1. The summed E-state index contributed by atoms with van der Waals surface area (Å²) in [6.45, 7) is 6.25. The second kappa shape index (κ2) is 6.58. The van der Waals surface area contributed by atoms with Gasteiger partial charge in [0.25, 0.3) is 0 Å². The fourth-order valence-electron chi connectivity index (χ4n) is 2.94. The van der Waals surface area contributed by atoms with Gasteiger partial charge in [-0.1, -0.05) is 26.0 Å². The highest BCUT2D eigenvalue weighted by Gasteiger charge is 2.24. The van der Waals surface area contributed by atoms with Crippen LogP contribution in [0.15, 0.2) is 41.5 Å². The Morgan fingerprint density at radius 1 is 1.28 bits per heavy atom. The maximum atomic E-state index is 9.72. The zero-order chi connectivity index (χ0) is 18.2. The predicted molar refractivity (Wildman–Crippen MR) is 102 cm³/mol. The molecule has 0 unspecified atom stereocenters. The van der Waals surface area contributed by atoms with Gasteiger partial charge in [0, 0.05) is 35.4 Å². The van der Waals surface area contributed by atoms with E-state index in [9.17, 15) is 5.11 Å². The van der Waals surface area contributed by atoms with Crippen LogP contribution in [-0.2, 0) is 12.0 Å².